The van der Waals surface area contributed by atoms with E-state index in [0.29, 0.717) is 12.8 Å². The molecule has 390 valence electrons. The van der Waals surface area contributed by atoms with E-state index in [1.54, 1.807) is 0 Å². The Morgan fingerprint density at radius 1 is 0.716 bits per heavy atom. The Bertz CT molecular complexity index is 1650. The number of carbonyl (C=O) groups is 2. The van der Waals surface area contributed by atoms with Gasteiger partial charge in [-0.25, -0.2) is 13.9 Å². The average Bonchev–Trinajstić information content (AvgIpc) is 3.55. The zero-order valence-corrected chi connectivity index (χ0v) is 42.8. The molecule has 0 radical (unpaired) electrons. The predicted octanol–water partition coefficient (Wildman–Crippen LogP) is 10.00. The predicted molar refractivity (Wildman–Crippen MR) is 257 cm³/mol. The van der Waals surface area contributed by atoms with Gasteiger partial charge in [0.25, 0.3) is 0 Å². The van der Waals surface area contributed by atoms with E-state index in [0.717, 1.165) is 67.8 Å². The van der Waals surface area contributed by atoms with Gasteiger partial charge >= 0.3 is 33.3 Å². The Morgan fingerprint density at radius 3 is 1.70 bits per heavy atom. The first kappa shape index (κ1) is 60.9. The smallest absolute Gasteiger partial charge is 0.462 e. The van der Waals surface area contributed by atoms with E-state index in [2.05, 4.69) is 37.0 Å². The van der Waals surface area contributed by atoms with Crippen molar-refractivity contribution in [2.24, 2.45) is 11.8 Å². The third kappa shape index (κ3) is 28.9. The summed E-state index contributed by atoms with van der Waals surface area (Å²) in [6.07, 6.45) is 22.0. The lowest BCUT2D eigenvalue weighted by Gasteiger charge is -2.21. The molecule has 18 nitrogen and oxygen atoms in total. The van der Waals surface area contributed by atoms with Crippen LogP contribution in [0.2, 0.25) is 0 Å². The van der Waals surface area contributed by atoms with Gasteiger partial charge in [-0.1, -0.05) is 175 Å². The average molecular weight is 996 g/mol. The van der Waals surface area contributed by atoms with Crippen molar-refractivity contribution in [1.29, 1.82) is 0 Å². The third-order valence-electron chi connectivity index (χ3n) is 12.2. The maximum atomic E-state index is 12.9. The summed E-state index contributed by atoms with van der Waals surface area (Å²) in [5.41, 5.74) is 4.59. The summed E-state index contributed by atoms with van der Waals surface area (Å²) >= 11 is 0. The standard InChI is InChI=1S/C47H87N3O15P2/c1-5-38(4)29-25-21-17-14-15-18-22-26-30-42(51)60-34-39(63-43(52)31-27-23-19-13-11-9-7-6-8-10-12-16-20-24-28-37(2)3)35-61-66(56,57)65-67(58,59)62-36-40-44(53)45(54)46(64-40)50-33-32-41(48)49-47(50)55/h32-33,37-40,44-46,53-54H,5-31,34-36H2,1-4H3,(H,56,57)(H,58,59)(H2,48,49,55)/t38?,39-,40-,44+,45?,46-/m1/s1. The summed E-state index contributed by atoms with van der Waals surface area (Å²) in [5, 5.41) is 20.9. The van der Waals surface area contributed by atoms with Gasteiger partial charge in [-0.3, -0.25) is 23.2 Å². The van der Waals surface area contributed by atoms with Gasteiger partial charge in [0.15, 0.2) is 12.3 Å². The van der Waals surface area contributed by atoms with Crippen LogP contribution in [0.1, 0.15) is 207 Å². The fraction of sp³-hybridized carbons (Fsp3) is 0.872. The van der Waals surface area contributed by atoms with E-state index in [-0.39, 0.29) is 18.7 Å². The zero-order valence-electron chi connectivity index (χ0n) is 41.1. The number of hydrogen-bond acceptors (Lipinski definition) is 15. The fourth-order valence-electron chi connectivity index (χ4n) is 7.83. The van der Waals surface area contributed by atoms with Crippen molar-refractivity contribution in [1.82, 2.24) is 9.55 Å². The maximum absolute atomic E-state index is 12.9. The van der Waals surface area contributed by atoms with Crippen LogP contribution >= 0.6 is 15.6 Å². The minimum absolute atomic E-state index is 0.0564. The minimum Gasteiger partial charge on any atom is -0.462 e. The number of anilines is 1. The van der Waals surface area contributed by atoms with Crippen LogP contribution in [-0.2, 0) is 46.3 Å². The molecule has 67 heavy (non-hydrogen) atoms. The van der Waals surface area contributed by atoms with Crippen LogP contribution in [0, 0.1) is 11.8 Å². The number of esters is 2. The van der Waals surface area contributed by atoms with Crippen LogP contribution in [0.3, 0.4) is 0 Å². The zero-order chi connectivity index (χ0) is 49.5. The van der Waals surface area contributed by atoms with Crippen LogP contribution in [0.25, 0.3) is 0 Å². The number of hydrogen-bond donors (Lipinski definition) is 5. The molecule has 8 atom stereocenters. The number of aliphatic hydroxyl groups is 2. The van der Waals surface area contributed by atoms with Gasteiger partial charge in [0.05, 0.1) is 13.2 Å². The molecule has 20 heteroatoms. The highest BCUT2D eigenvalue weighted by molar-refractivity contribution is 7.61. The second-order valence-electron chi connectivity index (χ2n) is 18.8. The fourth-order valence-corrected chi connectivity index (χ4v) is 9.94. The lowest BCUT2D eigenvalue weighted by Crippen LogP contribution is -2.36. The quantitative estimate of drug-likeness (QED) is 0.0232. The number of nitrogen functional groups attached to an aromatic ring is 1. The van der Waals surface area contributed by atoms with Crippen molar-refractivity contribution < 1.29 is 66.3 Å². The molecule has 2 heterocycles. The van der Waals surface area contributed by atoms with Gasteiger partial charge < -0.3 is 39.9 Å². The number of phosphoric acid groups is 2. The summed E-state index contributed by atoms with van der Waals surface area (Å²) in [7, 11) is -10.8. The summed E-state index contributed by atoms with van der Waals surface area (Å²) in [6, 6.07) is 1.25. The van der Waals surface area contributed by atoms with Gasteiger partial charge in [0.1, 0.15) is 30.7 Å². The largest absolute Gasteiger partial charge is 0.481 e. The number of phosphoric ester groups is 2. The first-order valence-electron chi connectivity index (χ1n) is 25.3. The van der Waals surface area contributed by atoms with Crippen LogP contribution in [0.5, 0.6) is 0 Å². The Balaban J connectivity index is 1.79. The first-order chi connectivity index (χ1) is 31.9. The number of aliphatic hydroxyl groups excluding tert-OH is 2. The molecule has 1 saturated heterocycles. The number of rotatable bonds is 41. The van der Waals surface area contributed by atoms with E-state index in [1.807, 2.05) is 0 Å². The molecule has 0 spiro atoms. The van der Waals surface area contributed by atoms with Crippen LogP contribution in [0.15, 0.2) is 17.1 Å². The van der Waals surface area contributed by atoms with Crippen LogP contribution in [-0.4, -0.2) is 85.7 Å². The molecule has 0 bridgehead atoms. The highest BCUT2D eigenvalue weighted by Crippen LogP contribution is 2.60. The van der Waals surface area contributed by atoms with Gasteiger partial charge in [-0.2, -0.15) is 9.29 Å². The molecule has 1 aliphatic rings. The normalized spacial score (nSPS) is 20.1. The minimum atomic E-state index is -5.42. The maximum Gasteiger partial charge on any atom is 0.481 e. The monoisotopic (exact) mass is 996 g/mol. The molecular weight excluding hydrogens is 908 g/mol. The summed E-state index contributed by atoms with van der Waals surface area (Å²) in [6.45, 7) is 6.79. The Hall–Kier alpha value is -2.24. The van der Waals surface area contributed by atoms with Crippen LogP contribution < -0.4 is 11.4 Å². The van der Waals surface area contributed by atoms with Crippen molar-refractivity contribution in [3.8, 4) is 0 Å². The van der Waals surface area contributed by atoms with Crippen molar-refractivity contribution in [3.63, 3.8) is 0 Å². The molecule has 6 N–H and O–H groups in total. The third-order valence-corrected chi connectivity index (χ3v) is 14.8. The van der Waals surface area contributed by atoms with Gasteiger partial charge in [0, 0.05) is 19.0 Å². The summed E-state index contributed by atoms with van der Waals surface area (Å²) < 4.78 is 56.8. The Kier molecular flexibility index (Phi) is 31.8. The van der Waals surface area contributed by atoms with E-state index < -0.39 is 83.7 Å². The van der Waals surface area contributed by atoms with E-state index in [1.165, 1.54) is 109 Å². The highest BCUT2D eigenvalue weighted by atomic mass is 31.3. The summed E-state index contributed by atoms with van der Waals surface area (Å²) in [5.74, 6) is 0.286. The molecular formula is C47H87N3O15P2. The molecule has 2 rings (SSSR count). The molecule has 0 saturated carbocycles. The second kappa shape index (κ2) is 35.0. The lowest BCUT2D eigenvalue weighted by molar-refractivity contribution is -0.161. The lowest BCUT2D eigenvalue weighted by atomic mass is 9.99. The molecule has 0 amide bonds. The molecule has 0 aliphatic carbocycles. The van der Waals surface area contributed by atoms with Crippen molar-refractivity contribution in [2.45, 2.75) is 232 Å². The first-order valence-corrected chi connectivity index (χ1v) is 28.3. The van der Waals surface area contributed by atoms with Crippen LogP contribution in [0.4, 0.5) is 5.82 Å². The molecule has 1 aromatic rings. The molecule has 4 unspecified atom stereocenters. The van der Waals surface area contributed by atoms with E-state index >= 15 is 0 Å². The Morgan fingerprint density at radius 2 is 1.19 bits per heavy atom. The van der Waals surface area contributed by atoms with E-state index in [4.69, 9.17) is 29.0 Å². The Labute approximate surface area is 400 Å². The number of unbranched alkanes of at least 4 members (excludes halogenated alkanes) is 20. The number of ether oxygens (including phenoxy) is 3. The number of carbonyl (C=O) groups excluding carboxylic acids is 2. The SMILES string of the molecule is CCC(C)CCCCCCCCCCC(=O)OC[C@H](COP(=O)(O)OP(=O)(O)OC[C@H]1O[C@@H](n2ccc(N)nc2=O)C(O)[C@H]1O)OC(=O)CCCCCCCCCCCCCCCCC(C)C. The number of nitrogens with two attached hydrogens (primary N) is 1. The number of aromatic nitrogens is 2. The van der Waals surface area contributed by atoms with E-state index in [9.17, 15) is 43.5 Å². The summed E-state index contributed by atoms with van der Waals surface area (Å²) in [4.78, 5) is 61.8. The topological polar surface area (TPSA) is 265 Å². The highest BCUT2D eigenvalue weighted by Gasteiger charge is 2.46. The number of nitrogens with zero attached hydrogens (tertiary/aromatic N) is 2. The van der Waals surface area contributed by atoms with Crippen molar-refractivity contribution in [2.75, 3.05) is 25.6 Å². The van der Waals surface area contributed by atoms with Gasteiger partial charge in [0.2, 0.25) is 0 Å². The second-order valence-corrected chi connectivity index (χ2v) is 21.8. The molecule has 0 aromatic carbocycles. The molecule has 1 aliphatic heterocycles. The van der Waals surface area contributed by atoms with Gasteiger partial charge in [-0.15, -0.1) is 0 Å². The molecule has 1 fully saturated rings. The van der Waals surface area contributed by atoms with Crippen molar-refractivity contribution in [3.05, 3.63) is 22.7 Å². The van der Waals surface area contributed by atoms with Gasteiger partial charge in [-0.05, 0) is 30.7 Å². The molecule has 1 aromatic heterocycles. The van der Waals surface area contributed by atoms with Crippen molar-refractivity contribution >= 4 is 33.4 Å².